The first-order valence-corrected chi connectivity index (χ1v) is 22.4. The van der Waals surface area contributed by atoms with Gasteiger partial charge >= 0.3 is 20.1 Å². The minimum Gasteiger partial charge on any atom is -0.305 e. The number of hydrogen-bond donors (Lipinski definition) is 0. The van der Waals surface area contributed by atoms with E-state index in [9.17, 15) is 0 Å². The molecule has 6 rings (SSSR count). The second-order valence-electron chi connectivity index (χ2n) is 13.3. The number of pyridine rings is 1. The molecule has 0 bridgehead atoms. The molecule has 0 aliphatic rings. The van der Waals surface area contributed by atoms with Crippen molar-refractivity contribution in [2.45, 2.75) is 46.1 Å². The summed E-state index contributed by atoms with van der Waals surface area (Å²) < 4.78 is 24.5. The van der Waals surface area contributed by atoms with Crippen LogP contribution in [0.2, 0.25) is 39.3 Å². The molecular weight excluding hydrogens is 767 g/mol. The van der Waals surface area contributed by atoms with Crippen LogP contribution >= 0.6 is 0 Å². The van der Waals surface area contributed by atoms with Crippen molar-refractivity contribution in [1.82, 2.24) is 4.98 Å². The van der Waals surface area contributed by atoms with Crippen LogP contribution < -0.4 is 10.4 Å². The van der Waals surface area contributed by atoms with Gasteiger partial charge in [-0.1, -0.05) is 128 Å². The zero-order valence-electron chi connectivity index (χ0n) is 30.4. The summed E-state index contributed by atoms with van der Waals surface area (Å²) in [4.78, 5) is 4.41. The van der Waals surface area contributed by atoms with E-state index in [4.69, 9.17) is 4.11 Å². The summed E-state index contributed by atoms with van der Waals surface area (Å²) in [7, 11) is -2.67. The standard InChI is InChI=1S/C28H26Si.C14H16NSi.Ir/c1-21-19-26(25-12-8-11-24(20-25)22-9-6-5-7-10-22)15-18-28(21)23-13-16-27(17-14-23)29(2,3)4;1-16(2,3)13-9-10-15-14(11-13)12-7-5-4-6-8-12;/h5-11,13-14,16-20H,1-4H3;4-7,9-11H,1-3H3;/q-2;-1;+3/i1D3;;. The molecule has 6 aromatic rings. The number of hydrogen-bond acceptors (Lipinski definition) is 1. The van der Waals surface area contributed by atoms with Crippen LogP contribution in [-0.2, 0) is 20.1 Å². The molecule has 0 amide bonds. The molecule has 1 aromatic heterocycles. The number of aromatic nitrogens is 1. The SMILES string of the molecule is C[Si](C)(C)c1ccnc(-c2[c-]cccc2)c1.[2H]C([2H])([2H])c1cc(-c2[c-]ccc(-c3ccccc3)c2)[c-]cc1-c1ccc([Si](C)(C)C)cc1.[Ir+3]. The van der Waals surface area contributed by atoms with Gasteiger partial charge in [-0.05, 0) is 17.3 Å². The quantitative estimate of drug-likeness (QED) is 0.121. The van der Waals surface area contributed by atoms with Crippen molar-refractivity contribution in [2.24, 2.45) is 0 Å². The van der Waals surface area contributed by atoms with Crippen LogP contribution in [0.15, 0.2) is 128 Å². The molecule has 0 saturated heterocycles. The normalized spacial score (nSPS) is 12.4. The molecular formula is C42H42IrNSi2. The molecule has 0 aliphatic heterocycles. The molecule has 0 spiro atoms. The summed E-state index contributed by atoms with van der Waals surface area (Å²) in [5, 5.41) is 2.79. The summed E-state index contributed by atoms with van der Waals surface area (Å²) in [5.74, 6) is 0. The van der Waals surface area contributed by atoms with Crippen LogP contribution in [0.1, 0.15) is 9.68 Å². The summed E-state index contributed by atoms with van der Waals surface area (Å²) in [5.41, 5.74) is 7.78. The summed E-state index contributed by atoms with van der Waals surface area (Å²) in [6, 6.07) is 50.0. The molecule has 0 radical (unpaired) electrons. The molecule has 0 aliphatic carbocycles. The Hall–Kier alpha value is -3.67. The second-order valence-corrected chi connectivity index (χ2v) is 23.5. The van der Waals surface area contributed by atoms with Gasteiger partial charge in [0.1, 0.15) is 0 Å². The van der Waals surface area contributed by atoms with E-state index in [1.54, 1.807) is 6.07 Å². The molecule has 5 aromatic carbocycles. The number of benzene rings is 5. The fourth-order valence-electron chi connectivity index (χ4n) is 5.06. The van der Waals surface area contributed by atoms with Crippen LogP contribution in [0.3, 0.4) is 0 Å². The minimum atomic E-state index is -2.23. The average molecular weight is 812 g/mol. The van der Waals surface area contributed by atoms with Crippen LogP contribution in [0.25, 0.3) is 44.6 Å². The monoisotopic (exact) mass is 812 g/mol. The Labute approximate surface area is 296 Å². The Kier molecular flexibility index (Phi) is 10.3. The van der Waals surface area contributed by atoms with E-state index in [2.05, 4.69) is 105 Å². The van der Waals surface area contributed by atoms with Crippen molar-refractivity contribution < 1.29 is 24.2 Å². The van der Waals surface area contributed by atoms with Gasteiger partial charge in [0.2, 0.25) is 0 Å². The van der Waals surface area contributed by atoms with E-state index >= 15 is 0 Å². The molecule has 0 fully saturated rings. The zero-order chi connectivity index (χ0) is 34.5. The molecule has 232 valence electrons. The largest absolute Gasteiger partial charge is 3.00 e. The van der Waals surface area contributed by atoms with Crippen LogP contribution in [0, 0.1) is 25.1 Å². The summed E-state index contributed by atoms with van der Waals surface area (Å²) >= 11 is 0. The van der Waals surface area contributed by atoms with Gasteiger partial charge in [0, 0.05) is 10.3 Å². The van der Waals surface area contributed by atoms with Crippen LogP contribution in [0.4, 0.5) is 0 Å². The van der Waals surface area contributed by atoms with E-state index in [0.717, 1.165) is 39.1 Å². The minimum absolute atomic E-state index is 0. The predicted octanol–water partition coefficient (Wildman–Crippen LogP) is 10.2. The van der Waals surface area contributed by atoms with Gasteiger partial charge in [-0.15, -0.1) is 59.2 Å². The Morgan fingerprint density at radius 2 is 1.24 bits per heavy atom. The Balaban J connectivity index is 0.000000268. The average Bonchev–Trinajstić information content (AvgIpc) is 3.08. The molecule has 0 unspecified atom stereocenters. The van der Waals surface area contributed by atoms with Gasteiger partial charge in [0.05, 0.1) is 16.1 Å². The molecule has 0 saturated carbocycles. The molecule has 0 N–H and O–H groups in total. The summed E-state index contributed by atoms with van der Waals surface area (Å²) in [6.45, 7) is 11.7. The van der Waals surface area contributed by atoms with Crippen molar-refractivity contribution in [3.05, 3.63) is 151 Å². The fourth-order valence-corrected chi connectivity index (χ4v) is 7.38. The predicted molar refractivity (Wildman–Crippen MR) is 200 cm³/mol. The van der Waals surface area contributed by atoms with E-state index in [1.807, 2.05) is 79.0 Å². The van der Waals surface area contributed by atoms with Crippen molar-refractivity contribution in [2.75, 3.05) is 0 Å². The third-order valence-corrected chi connectivity index (χ3v) is 11.9. The topological polar surface area (TPSA) is 12.9 Å². The van der Waals surface area contributed by atoms with E-state index in [-0.39, 0.29) is 20.1 Å². The van der Waals surface area contributed by atoms with E-state index < -0.39 is 23.0 Å². The number of aryl methyl sites for hydroxylation is 1. The Morgan fingerprint density at radius 1 is 0.565 bits per heavy atom. The number of rotatable bonds is 6. The molecule has 0 atom stereocenters. The van der Waals surface area contributed by atoms with Gasteiger partial charge < -0.3 is 4.98 Å². The van der Waals surface area contributed by atoms with Crippen molar-refractivity contribution in [1.29, 1.82) is 0 Å². The molecule has 1 nitrogen and oxygen atoms in total. The first kappa shape index (κ1) is 31.0. The smallest absolute Gasteiger partial charge is 0.305 e. The van der Waals surface area contributed by atoms with Crippen molar-refractivity contribution >= 4 is 26.5 Å². The number of nitrogens with zero attached hydrogens (tertiary/aromatic N) is 1. The third kappa shape index (κ3) is 8.99. The zero-order valence-corrected chi connectivity index (χ0v) is 31.8. The Bertz CT molecular complexity index is 1960. The molecule has 1 heterocycles. The van der Waals surface area contributed by atoms with Gasteiger partial charge in [0.15, 0.2) is 0 Å². The van der Waals surface area contributed by atoms with Gasteiger partial charge in [0.25, 0.3) is 0 Å². The van der Waals surface area contributed by atoms with E-state index in [0.29, 0.717) is 11.1 Å². The van der Waals surface area contributed by atoms with Gasteiger partial charge in [-0.2, -0.15) is 30.3 Å². The first-order valence-electron chi connectivity index (χ1n) is 16.9. The first-order chi connectivity index (χ1) is 22.7. The van der Waals surface area contributed by atoms with Crippen molar-refractivity contribution in [3.63, 3.8) is 0 Å². The Morgan fingerprint density at radius 3 is 1.89 bits per heavy atom. The van der Waals surface area contributed by atoms with Crippen LogP contribution in [-0.4, -0.2) is 21.1 Å². The maximum Gasteiger partial charge on any atom is 3.00 e. The van der Waals surface area contributed by atoms with E-state index in [1.165, 1.54) is 10.4 Å². The van der Waals surface area contributed by atoms with Gasteiger partial charge in [-0.25, -0.2) is 11.1 Å². The van der Waals surface area contributed by atoms with Crippen molar-refractivity contribution in [3.8, 4) is 44.6 Å². The van der Waals surface area contributed by atoms with Crippen LogP contribution in [0.5, 0.6) is 0 Å². The fraction of sp³-hybridized carbons (Fsp3) is 0.167. The van der Waals surface area contributed by atoms with Gasteiger partial charge in [-0.3, -0.25) is 0 Å². The maximum atomic E-state index is 8.16. The summed E-state index contributed by atoms with van der Waals surface area (Å²) in [6.07, 6.45) is 1.91. The maximum absolute atomic E-state index is 8.16. The second kappa shape index (κ2) is 15.3. The third-order valence-electron chi connectivity index (χ3n) is 7.82. The molecule has 4 heteroatoms. The molecule has 46 heavy (non-hydrogen) atoms.